The van der Waals surface area contributed by atoms with Crippen LogP contribution in [0, 0.1) is 5.92 Å². The Morgan fingerprint density at radius 1 is 1.00 bits per heavy atom. The molecule has 0 spiro atoms. The molecule has 0 bridgehead atoms. The largest absolute Gasteiger partial charge is 0.495 e. The van der Waals surface area contributed by atoms with Gasteiger partial charge in [0.25, 0.3) is 5.91 Å². The van der Waals surface area contributed by atoms with Crippen molar-refractivity contribution in [1.29, 1.82) is 0 Å². The van der Waals surface area contributed by atoms with Crippen molar-refractivity contribution in [2.24, 2.45) is 5.92 Å². The van der Waals surface area contributed by atoms with Crippen molar-refractivity contribution in [2.45, 2.75) is 70.9 Å². The molecule has 40 heavy (non-hydrogen) atoms. The standard InChI is InChI=1S/C21H31N3O3.C5H12O.C4H7NO2/c1-22-19-15-17(3-4-20(19)27-2)21(26)24-12-7-18(8-13-24)23-10-5-16(6-11-23)9-14-25;1-5(2,3)6-4;6-3-1-2-5-4-7/h3-4,14-16,18,22H,5-13H2,1-2H3;1-4H3;3-4H,1-2H2,(H,5,7). The molecule has 2 amide bonds. The number of benzene rings is 1. The second-order valence-corrected chi connectivity index (χ2v) is 10.9. The van der Waals surface area contributed by atoms with E-state index in [1.807, 2.05) is 50.9 Å². The maximum absolute atomic E-state index is 12.9. The molecule has 10 heteroatoms. The van der Waals surface area contributed by atoms with E-state index in [4.69, 9.17) is 9.47 Å². The fraction of sp³-hybridized carbons (Fsp3) is 0.667. The molecular formula is C30H50N4O6. The highest BCUT2D eigenvalue weighted by Gasteiger charge is 2.30. The number of carbonyl (C=O) groups excluding carboxylic acids is 4. The number of hydrogen-bond acceptors (Lipinski definition) is 8. The van der Waals surface area contributed by atoms with Gasteiger partial charge in [-0.1, -0.05) is 0 Å². The van der Waals surface area contributed by atoms with Gasteiger partial charge in [-0.15, -0.1) is 0 Å². The van der Waals surface area contributed by atoms with Crippen LogP contribution in [0.5, 0.6) is 5.75 Å². The molecule has 0 unspecified atom stereocenters. The van der Waals surface area contributed by atoms with E-state index in [1.165, 1.54) is 0 Å². The van der Waals surface area contributed by atoms with Crippen molar-refractivity contribution < 1.29 is 28.7 Å². The molecule has 0 radical (unpaired) electrons. The zero-order valence-corrected chi connectivity index (χ0v) is 25.2. The predicted octanol–water partition coefficient (Wildman–Crippen LogP) is 3.40. The SMILES string of the molecule is CNc1cc(C(=O)N2CCC(N3CCC(CC=O)CC3)CC2)ccc1OC.COC(C)(C)C.O=CCCNC=O. The molecule has 0 atom stereocenters. The van der Waals surface area contributed by atoms with Crippen LogP contribution >= 0.6 is 0 Å². The summed E-state index contributed by atoms with van der Waals surface area (Å²) in [6, 6.07) is 6.11. The molecule has 2 aliphatic rings. The summed E-state index contributed by atoms with van der Waals surface area (Å²) in [5.74, 6) is 1.40. The molecule has 2 fully saturated rings. The highest BCUT2D eigenvalue weighted by atomic mass is 16.5. The average molecular weight is 563 g/mol. The van der Waals surface area contributed by atoms with Crippen LogP contribution in [0.25, 0.3) is 0 Å². The normalized spacial score (nSPS) is 16.4. The monoisotopic (exact) mass is 562 g/mol. The van der Waals surface area contributed by atoms with Gasteiger partial charge in [0.05, 0.1) is 18.4 Å². The third-order valence-electron chi connectivity index (χ3n) is 7.16. The summed E-state index contributed by atoms with van der Waals surface area (Å²) < 4.78 is 10.2. The highest BCUT2D eigenvalue weighted by Crippen LogP contribution is 2.28. The van der Waals surface area contributed by atoms with Crippen LogP contribution < -0.4 is 15.4 Å². The van der Waals surface area contributed by atoms with Gasteiger partial charge in [0.2, 0.25) is 6.41 Å². The number of methoxy groups -OCH3 is 2. The third-order valence-corrected chi connectivity index (χ3v) is 7.16. The number of nitrogens with one attached hydrogen (secondary N) is 2. The third kappa shape index (κ3) is 12.9. The van der Waals surface area contributed by atoms with Crippen LogP contribution in [0.1, 0.15) is 69.7 Å². The lowest BCUT2D eigenvalue weighted by molar-refractivity contribution is -0.110. The minimum atomic E-state index is 0.0417. The molecule has 0 aromatic heterocycles. The van der Waals surface area contributed by atoms with Gasteiger partial charge >= 0.3 is 0 Å². The summed E-state index contributed by atoms with van der Waals surface area (Å²) in [4.78, 5) is 47.1. The molecule has 226 valence electrons. The van der Waals surface area contributed by atoms with Gasteiger partial charge in [0, 0.05) is 58.2 Å². The van der Waals surface area contributed by atoms with Gasteiger partial charge in [-0.2, -0.15) is 0 Å². The number of anilines is 1. The molecule has 0 saturated carbocycles. The van der Waals surface area contributed by atoms with Crippen LogP contribution in [0.3, 0.4) is 0 Å². The maximum atomic E-state index is 12.9. The topological polar surface area (TPSA) is 117 Å². The highest BCUT2D eigenvalue weighted by molar-refractivity contribution is 5.95. The first-order valence-corrected chi connectivity index (χ1v) is 14.1. The average Bonchev–Trinajstić information content (AvgIpc) is 2.97. The van der Waals surface area contributed by atoms with E-state index in [-0.39, 0.29) is 11.5 Å². The van der Waals surface area contributed by atoms with Gasteiger partial charge < -0.3 is 39.5 Å². The number of likely N-dealkylation sites (tertiary alicyclic amines) is 2. The van der Waals surface area contributed by atoms with Gasteiger partial charge in [0.15, 0.2) is 0 Å². The van der Waals surface area contributed by atoms with Crippen molar-refractivity contribution in [1.82, 2.24) is 15.1 Å². The number of nitrogens with zero attached hydrogens (tertiary/aromatic N) is 2. The fourth-order valence-corrected chi connectivity index (χ4v) is 4.54. The Kier molecular flexibility index (Phi) is 16.8. The van der Waals surface area contributed by atoms with Crippen molar-refractivity contribution in [3.63, 3.8) is 0 Å². The molecular weight excluding hydrogens is 512 g/mol. The van der Waals surface area contributed by atoms with E-state index in [2.05, 4.69) is 15.5 Å². The number of rotatable bonds is 10. The molecule has 1 aromatic rings. The molecule has 2 aliphatic heterocycles. The lowest BCUT2D eigenvalue weighted by Crippen LogP contribution is -2.49. The Labute approximate surface area is 240 Å². The summed E-state index contributed by atoms with van der Waals surface area (Å²) in [6.45, 7) is 10.3. The second-order valence-electron chi connectivity index (χ2n) is 10.9. The number of hydrogen-bond donors (Lipinski definition) is 2. The molecule has 0 aliphatic carbocycles. The van der Waals surface area contributed by atoms with Gasteiger partial charge in [-0.25, -0.2) is 0 Å². The number of piperidine rings is 2. The van der Waals surface area contributed by atoms with Gasteiger partial charge in [-0.05, 0) is 83.7 Å². The number of ether oxygens (including phenoxy) is 2. The number of carbonyl (C=O) groups is 4. The minimum absolute atomic E-state index is 0.0417. The Hall–Kier alpha value is -2.98. The van der Waals surface area contributed by atoms with Crippen molar-refractivity contribution in [3.8, 4) is 5.75 Å². The maximum Gasteiger partial charge on any atom is 0.253 e. The van der Waals surface area contributed by atoms with E-state index in [0.717, 1.165) is 75.9 Å². The first-order chi connectivity index (χ1) is 19.1. The zero-order valence-electron chi connectivity index (χ0n) is 25.2. The Morgan fingerprint density at radius 3 is 2.10 bits per heavy atom. The Morgan fingerprint density at radius 2 is 1.62 bits per heavy atom. The van der Waals surface area contributed by atoms with Crippen LogP contribution in [0.4, 0.5) is 5.69 Å². The predicted molar refractivity (Wildman–Crippen MR) is 158 cm³/mol. The van der Waals surface area contributed by atoms with Crippen molar-refractivity contribution in [2.75, 3.05) is 59.3 Å². The van der Waals surface area contributed by atoms with E-state index in [1.54, 1.807) is 14.2 Å². The van der Waals surface area contributed by atoms with Crippen LogP contribution in [-0.2, 0) is 19.1 Å². The smallest absolute Gasteiger partial charge is 0.253 e. The molecule has 10 nitrogen and oxygen atoms in total. The fourth-order valence-electron chi connectivity index (χ4n) is 4.54. The van der Waals surface area contributed by atoms with Crippen molar-refractivity contribution in [3.05, 3.63) is 23.8 Å². The van der Waals surface area contributed by atoms with E-state index < -0.39 is 0 Å². The molecule has 2 N–H and O–H groups in total. The van der Waals surface area contributed by atoms with E-state index >= 15 is 0 Å². The molecule has 2 saturated heterocycles. The summed E-state index contributed by atoms with van der Waals surface area (Å²) >= 11 is 0. The minimum Gasteiger partial charge on any atom is -0.495 e. The first-order valence-electron chi connectivity index (χ1n) is 14.1. The van der Waals surface area contributed by atoms with Gasteiger partial charge in [0.1, 0.15) is 18.3 Å². The van der Waals surface area contributed by atoms with E-state index in [9.17, 15) is 19.2 Å². The number of amides is 2. The summed E-state index contributed by atoms with van der Waals surface area (Å²) in [5, 5.41) is 5.42. The quantitative estimate of drug-likeness (QED) is 0.329. The molecule has 1 aromatic carbocycles. The Balaban J connectivity index is 0.000000512. The van der Waals surface area contributed by atoms with Crippen LogP contribution in [-0.4, -0.2) is 100 Å². The van der Waals surface area contributed by atoms with E-state index in [0.29, 0.717) is 43.3 Å². The second kappa shape index (κ2) is 19.2. The first kappa shape index (κ1) is 35.0. The summed E-state index contributed by atoms with van der Waals surface area (Å²) in [5.41, 5.74) is 1.57. The summed E-state index contributed by atoms with van der Waals surface area (Å²) in [7, 11) is 5.17. The lowest BCUT2D eigenvalue weighted by Gasteiger charge is -2.41. The molecule has 2 heterocycles. The van der Waals surface area contributed by atoms with Crippen molar-refractivity contribution >= 4 is 30.6 Å². The zero-order chi connectivity index (χ0) is 30.0. The van der Waals surface area contributed by atoms with Gasteiger partial charge in [-0.3, -0.25) is 9.59 Å². The Bertz CT molecular complexity index is 881. The van der Waals surface area contributed by atoms with Crippen LogP contribution in [0.15, 0.2) is 18.2 Å². The number of aldehydes is 2. The molecule has 3 rings (SSSR count). The summed E-state index contributed by atoms with van der Waals surface area (Å²) in [6.07, 6.45) is 7.80. The lowest BCUT2D eigenvalue weighted by atomic mass is 9.91. The van der Waals surface area contributed by atoms with Crippen LogP contribution in [0.2, 0.25) is 0 Å².